The molecule has 9 heteroatoms. The monoisotopic (exact) mass is 455 g/mol. The molecular weight excluding hydrogens is 449 g/mol. The highest BCUT2D eigenvalue weighted by atomic mass is 79.9. The first-order chi connectivity index (χ1) is 9.81. The summed E-state index contributed by atoms with van der Waals surface area (Å²) in [7, 11) is 2.97. The maximum atomic E-state index is 11.1. The summed E-state index contributed by atoms with van der Waals surface area (Å²) in [5.41, 5.74) is 0. The summed E-state index contributed by atoms with van der Waals surface area (Å²) < 4.78 is 34.4. The molecule has 0 aliphatic rings. The third-order valence-corrected chi connectivity index (χ3v) is 4.99. The van der Waals surface area contributed by atoms with E-state index in [0.717, 1.165) is 6.20 Å². The van der Waals surface area contributed by atoms with E-state index in [-0.39, 0.29) is 10.8 Å². The van der Waals surface area contributed by atoms with Crippen molar-refractivity contribution in [1.29, 1.82) is 0 Å². The highest BCUT2D eigenvalue weighted by Crippen LogP contribution is 2.37. The van der Waals surface area contributed by atoms with Gasteiger partial charge < -0.3 is 9.47 Å². The molecule has 0 saturated heterocycles. The van der Waals surface area contributed by atoms with E-state index in [1.54, 1.807) is 19.2 Å². The van der Waals surface area contributed by atoms with Gasteiger partial charge in [0.05, 0.1) is 22.3 Å². The molecule has 0 aliphatic carbocycles. The summed E-state index contributed by atoms with van der Waals surface area (Å²) in [5.74, 6) is 1.37. The van der Waals surface area contributed by atoms with Gasteiger partial charge in [-0.2, -0.15) is 0 Å². The average molecular weight is 458 g/mol. The molecule has 112 valence electrons. The Bertz CT molecular complexity index is 766. The van der Waals surface area contributed by atoms with E-state index < -0.39 is 9.05 Å². The molecule has 2 aromatic rings. The highest BCUT2D eigenvalue weighted by molar-refractivity contribution is 9.11. The molecule has 0 radical (unpaired) electrons. The molecule has 1 aromatic heterocycles. The van der Waals surface area contributed by atoms with Crippen LogP contribution in [0.1, 0.15) is 0 Å². The number of nitrogens with zero attached hydrogens (tertiary/aromatic N) is 1. The number of hydrogen-bond acceptors (Lipinski definition) is 5. The number of ether oxygens (including phenoxy) is 2. The van der Waals surface area contributed by atoms with E-state index in [9.17, 15) is 8.42 Å². The van der Waals surface area contributed by atoms with Crippen LogP contribution in [0.3, 0.4) is 0 Å². The molecule has 0 bridgehead atoms. The zero-order chi connectivity index (χ0) is 15.6. The molecule has 0 fully saturated rings. The number of aromatic nitrogens is 1. The normalized spacial score (nSPS) is 11.2. The lowest BCUT2D eigenvalue weighted by Gasteiger charge is -2.10. The summed E-state index contributed by atoms with van der Waals surface area (Å²) in [4.78, 5) is 3.81. The van der Waals surface area contributed by atoms with Crippen LogP contribution in [0, 0.1) is 0 Å². The van der Waals surface area contributed by atoms with Crippen molar-refractivity contribution in [3.05, 3.63) is 39.4 Å². The molecule has 0 saturated carbocycles. The van der Waals surface area contributed by atoms with Gasteiger partial charge in [0.1, 0.15) is 16.4 Å². The molecule has 0 atom stereocenters. The summed E-state index contributed by atoms with van der Waals surface area (Å²) in [6.45, 7) is 0. The quantitative estimate of drug-likeness (QED) is 0.640. The van der Waals surface area contributed by atoms with Crippen molar-refractivity contribution in [2.45, 2.75) is 4.90 Å². The Morgan fingerprint density at radius 2 is 1.76 bits per heavy atom. The fourth-order valence-corrected chi connectivity index (χ4v) is 3.00. The fraction of sp³-hybridized carbons (Fsp3) is 0.0833. The molecule has 1 aromatic carbocycles. The number of benzene rings is 1. The second kappa shape index (κ2) is 6.51. The third-order valence-electron chi connectivity index (χ3n) is 2.41. The Morgan fingerprint density at radius 3 is 2.29 bits per heavy atom. The first kappa shape index (κ1) is 16.5. The van der Waals surface area contributed by atoms with E-state index >= 15 is 0 Å². The van der Waals surface area contributed by atoms with Crippen LogP contribution < -0.4 is 9.47 Å². The van der Waals surface area contributed by atoms with Crippen LogP contribution >= 0.6 is 42.5 Å². The molecule has 1 heterocycles. The Balaban J connectivity index is 2.28. The average Bonchev–Trinajstić information content (AvgIpc) is 2.42. The van der Waals surface area contributed by atoms with Crippen LogP contribution in [0.5, 0.6) is 17.4 Å². The van der Waals surface area contributed by atoms with Gasteiger partial charge in [-0.05, 0) is 50.1 Å². The largest absolute Gasteiger partial charge is 0.496 e. The molecule has 21 heavy (non-hydrogen) atoms. The van der Waals surface area contributed by atoms with Gasteiger partial charge in [-0.1, -0.05) is 0 Å². The summed E-state index contributed by atoms with van der Waals surface area (Å²) >= 11 is 6.70. The van der Waals surface area contributed by atoms with Crippen molar-refractivity contribution in [3.8, 4) is 17.4 Å². The molecule has 0 spiro atoms. The van der Waals surface area contributed by atoms with Gasteiger partial charge in [-0.25, -0.2) is 13.4 Å². The van der Waals surface area contributed by atoms with E-state index in [1.807, 2.05) is 0 Å². The maximum absolute atomic E-state index is 11.1. The Kier molecular flexibility index (Phi) is 5.13. The van der Waals surface area contributed by atoms with Crippen LogP contribution in [0.15, 0.2) is 44.3 Å². The summed E-state index contributed by atoms with van der Waals surface area (Å²) in [6, 6.07) is 6.17. The van der Waals surface area contributed by atoms with Gasteiger partial charge >= 0.3 is 0 Å². The predicted octanol–water partition coefficient (Wildman–Crippen LogP) is 4.34. The zero-order valence-corrected chi connectivity index (χ0v) is 15.3. The minimum Gasteiger partial charge on any atom is -0.496 e. The number of pyridine rings is 1. The van der Waals surface area contributed by atoms with Crippen molar-refractivity contribution in [3.63, 3.8) is 0 Å². The first-order valence-corrected chi connectivity index (χ1v) is 9.32. The van der Waals surface area contributed by atoms with Crippen molar-refractivity contribution in [2.24, 2.45) is 0 Å². The standard InChI is InChI=1S/C12H8Br2ClNO4S/c1-19-10-4-9(14)11(5-8(10)13)20-12-3-2-7(6-16-12)21(15,17)18/h2-6H,1H3. The number of methoxy groups -OCH3 is 1. The number of rotatable bonds is 4. The zero-order valence-electron chi connectivity index (χ0n) is 10.5. The smallest absolute Gasteiger partial charge is 0.262 e. The highest BCUT2D eigenvalue weighted by Gasteiger charge is 2.12. The van der Waals surface area contributed by atoms with Crippen LogP contribution in [0.4, 0.5) is 0 Å². The minimum atomic E-state index is -3.80. The van der Waals surface area contributed by atoms with E-state index in [4.69, 9.17) is 20.2 Å². The Morgan fingerprint density at radius 1 is 1.14 bits per heavy atom. The van der Waals surface area contributed by atoms with Gasteiger partial charge in [-0.3, -0.25) is 0 Å². The molecule has 0 amide bonds. The van der Waals surface area contributed by atoms with Gasteiger partial charge in [0.2, 0.25) is 5.88 Å². The van der Waals surface area contributed by atoms with Gasteiger partial charge in [0.25, 0.3) is 9.05 Å². The topological polar surface area (TPSA) is 65.5 Å². The minimum absolute atomic E-state index is 0.0912. The molecule has 0 aliphatic heterocycles. The van der Waals surface area contributed by atoms with Crippen molar-refractivity contribution in [2.75, 3.05) is 7.11 Å². The molecule has 2 rings (SSSR count). The van der Waals surface area contributed by atoms with E-state index in [0.29, 0.717) is 20.4 Å². The summed E-state index contributed by atoms with van der Waals surface area (Å²) in [5, 5.41) is 0. The maximum Gasteiger partial charge on any atom is 0.262 e. The van der Waals surface area contributed by atoms with Gasteiger partial charge in [0.15, 0.2) is 0 Å². The SMILES string of the molecule is COc1cc(Br)c(Oc2ccc(S(=O)(=O)Cl)cn2)cc1Br. The lowest BCUT2D eigenvalue weighted by atomic mass is 10.3. The fourth-order valence-electron chi connectivity index (χ4n) is 1.43. The second-order valence-electron chi connectivity index (χ2n) is 3.79. The molecule has 5 nitrogen and oxygen atoms in total. The van der Waals surface area contributed by atoms with E-state index in [1.165, 1.54) is 12.1 Å². The van der Waals surface area contributed by atoms with Crippen LogP contribution in [0.25, 0.3) is 0 Å². The van der Waals surface area contributed by atoms with Crippen molar-refractivity contribution in [1.82, 2.24) is 4.98 Å². The van der Waals surface area contributed by atoms with Crippen LogP contribution in [-0.4, -0.2) is 20.5 Å². The van der Waals surface area contributed by atoms with Gasteiger partial charge in [-0.15, -0.1) is 0 Å². The molecule has 0 N–H and O–H groups in total. The Labute approximate surface area is 142 Å². The first-order valence-electron chi connectivity index (χ1n) is 5.43. The van der Waals surface area contributed by atoms with E-state index in [2.05, 4.69) is 36.8 Å². The second-order valence-corrected chi connectivity index (χ2v) is 8.06. The summed E-state index contributed by atoms with van der Waals surface area (Å²) in [6.07, 6.45) is 1.13. The van der Waals surface area contributed by atoms with Crippen LogP contribution in [0.2, 0.25) is 0 Å². The molecular formula is C12H8Br2ClNO4S. The Hall–Kier alpha value is -0.830. The van der Waals surface area contributed by atoms with Crippen molar-refractivity contribution >= 4 is 51.6 Å². The number of halogens is 3. The lowest BCUT2D eigenvalue weighted by molar-refractivity contribution is 0.408. The number of hydrogen-bond donors (Lipinski definition) is 0. The van der Waals surface area contributed by atoms with Crippen LogP contribution in [-0.2, 0) is 9.05 Å². The molecule has 0 unspecified atom stereocenters. The van der Waals surface area contributed by atoms with Gasteiger partial charge in [0, 0.05) is 16.7 Å². The third kappa shape index (κ3) is 4.09. The lowest BCUT2D eigenvalue weighted by Crippen LogP contribution is -1.94. The predicted molar refractivity (Wildman–Crippen MR) is 85.7 cm³/mol. The van der Waals surface area contributed by atoms with Crippen molar-refractivity contribution < 1.29 is 17.9 Å².